The largest absolute Gasteiger partial charge is 0.382 e. The van der Waals surface area contributed by atoms with Crippen molar-refractivity contribution in [3.8, 4) is 22.5 Å². The quantitative estimate of drug-likeness (QED) is 0.578. The predicted octanol–water partition coefficient (Wildman–Crippen LogP) is 2.92. The van der Waals surface area contributed by atoms with Gasteiger partial charge in [-0.15, -0.1) is 5.10 Å². The van der Waals surface area contributed by atoms with Crippen LogP contribution in [-0.4, -0.2) is 48.5 Å². The molecule has 4 aromatic rings. The van der Waals surface area contributed by atoms with E-state index in [9.17, 15) is 4.79 Å². The Morgan fingerprint density at radius 1 is 1.07 bits per heavy atom. The van der Waals surface area contributed by atoms with E-state index in [1.165, 1.54) is 0 Å². The molecule has 0 spiro atoms. The Labute approximate surface area is 168 Å². The molecule has 0 aliphatic heterocycles. The maximum absolute atomic E-state index is 12.4. The number of nitrogen functional groups attached to an aromatic ring is 1. The summed E-state index contributed by atoms with van der Waals surface area (Å²) in [6.45, 7) is 3.94. The number of carbonyl (C=O) groups is 1. The fraction of sp³-hybridized carbons (Fsp3) is 0.190. The SMILES string of the molecule is CC(C)N(C)C(=O)c1ccc(-c2cnc3c(-c4ccccn4)c(N)nn3c2)nc1. The van der Waals surface area contributed by atoms with Gasteiger partial charge in [0, 0.05) is 43.4 Å². The van der Waals surface area contributed by atoms with E-state index in [-0.39, 0.29) is 11.9 Å². The number of amides is 1. The predicted molar refractivity (Wildman–Crippen MR) is 111 cm³/mol. The molecule has 0 radical (unpaired) electrons. The van der Waals surface area contributed by atoms with Gasteiger partial charge in [-0.25, -0.2) is 9.50 Å². The molecule has 0 saturated heterocycles. The molecule has 4 rings (SSSR count). The average molecular weight is 387 g/mol. The first-order chi connectivity index (χ1) is 14.0. The molecule has 146 valence electrons. The van der Waals surface area contributed by atoms with Gasteiger partial charge < -0.3 is 10.6 Å². The Hall–Kier alpha value is -3.81. The highest BCUT2D eigenvalue weighted by atomic mass is 16.2. The zero-order valence-electron chi connectivity index (χ0n) is 16.4. The third-order valence-corrected chi connectivity index (χ3v) is 4.82. The van der Waals surface area contributed by atoms with Crippen LogP contribution in [0.1, 0.15) is 24.2 Å². The minimum atomic E-state index is -0.0625. The molecule has 0 aromatic carbocycles. The van der Waals surface area contributed by atoms with Gasteiger partial charge in [-0.1, -0.05) is 6.07 Å². The van der Waals surface area contributed by atoms with E-state index in [0.717, 1.165) is 11.3 Å². The summed E-state index contributed by atoms with van der Waals surface area (Å²) in [6, 6.07) is 9.29. The van der Waals surface area contributed by atoms with Gasteiger partial charge >= 0.3 is 0 Å². The highest BCUT2D eigenvalue weighted by Crippen LogP contribution is 2.28. The number of rotatable bonds is 4. The fourth-order valence-corrected chi connectivity index (χ4v) is 2.97. The van der Waals surface area contributed by atoms with E-state index in [1.807, 2.05) is 38.2 Å². The van der Waals surface area contributed by atoms with Crippen molar-refractivity contribution in [2.45, 2.75) is 19.9 Å². The normalized spacial score (nSPS) is 11.2. The number of hydrogen-bond acceptors (Lipinski definition) is 6. The van der Waals surface area contributed by atoms with Crippen LogP contribution in [0.5, 0.6) is 0 Å². The second kappa shape index (κ2) is 7.31. The Morgan fingerprint density at radius 3 is 2.55 bits per heavy atom. The zero-order chi connectivity index (χ0) is 20.5. The first-order valence-corrected chi connectivity index (χ1v) is 9.24. The summed E-state index contributed by atoms with van der Waals surface area (Å²) in [5, 5.41) is 4.37. The molecule has 0 fully saturated rings. The summed E-state index contributed by atoms with van der Waals surface area (Å²) in [4.78, 5) is 27.4. The molecule has 4 aromatic heterocycles. The van der Waals surface area contributed by atoms with Gasteiger partial charge in [0.15, 0.2) is 11.5 Å². The smallest absolute Gasteiger partial charge is 0.255 e. The monoisotopic (exact) mass is 387 g/mol. The lowest BCUT2D eigenvalue weighted by molar-refractivity contribution is 0.0754. The van der Waals surface area contributed by atoms with Crippen LogP contribution in [0.2, 0.25) is 0 Å². The minimum absolute atomic E-state index is 0.0625. The first-order valence-electron chi connectivity index (χ1n) is 9.24. The lowest BCUT2D eigenvalue weighted by atomic mass is 10.1. The van der Waals surface area contributed by atoms with Crippen LogP contribution in [-0.2, 0) is 0 Å². The molecule has 0 aliphatic carbocycles. The summed E-state index contributed by atoms with van der Waals surface area (Å²) in [5.74, 6) is 0.298. The molecule has 0 unspecified atom stereocenters. The summed E-state index contributed by atoms with van der Waals surface area (Å²) in [5.41, 5.74) is 10.1. The summed E-state index contributed by atoms with van der Waals surface area (Å²) in [6.07, 6.45) is 6.82. The van der Waals surface area contributed by atoms with Crippen molar-refractivity contribution >= 4 is 17.4 Å². The van der Waals surface area contributed by atoms with Crippen molar-refractivity contribution < 1.29 is 4.79 Å². The van der Waals surface area contributed by atoms with Crippen molar-refractivity contribution in [1.29, 1.82) is 0 Å². The van der Waals surface area contributed by atoms with E-state index in [1.54, 1.807) is 47.2 Å². The highest BCUT2D eigenvalue weighted by molar-refractivity contribution is 5.94. The summed E-state index contributed by atoms with van der Waals surface area (Å²) >= 11 is 0. The Kier molecular flexibility index (Phi) is 4.67. The number of aromatic nitrogens is 5. The van der Waals surface area contributed by atoms with Crippen LogP contribution in [0.4, 0.5) is 5.82 Å². The van der Waals surface area contributed by atoms with Crippen molar-refractivity contribution in [3.63, 3.8) is 0 Å². The van der Waals surface area contributed by atoms with Crippen LogP contribution in [0.25, 0.3) is 28.2 Å². The molecule has 8 nitrogen and oxygen atoms in total. The van der Waals surface area contributed by atoms with Crippen LogP contribution in [0, 0.1) is 0 Å². The number of hydrogen-bond donors (Lipinski definition) is 1. The van der Waals surface area contributed by atoms with Gasteiger partial charge in [-0.05, 0) is 38.1 Å². The maximum Gasteiger partial charge on any atom is 0.255 e. The molecule has 0 bridgehead atoms. The third kappa shape index (κ3) is 3.40. The minimum Gasteiger partial charge on any atom is -0.382 e. The van der Waals surface area contributed by atoms with E-state index >= 15 is 0 Å². The molecule has 29 heavy (non-hydrogen) atoms. The Bertz CT molecular complexity index is 1170. The second-order valence-corrected chi connectivity index (χ2v) is 7.03. The highest BCUT2D eigenvalue weighted by Gasteiger charge is 2.17. The van der Waals surface area contributed by atoms with Crippen molar-refractivity contribution in [2.24, 2.45) is 0 Å². The third-order valence-electron chi connectivity index (χ3n) is 4.82. The van der Waals surface area contributed by atoms with Crippen LogP contribution < -0.4 is 5.73 Å². The standard InChI is InChI=1S/C21H21N7O/c1-13(2)27(3)21(29)14-7-8-16(24-10-14)15-11-25-20-18(17-6-4-5-9-23-17)19(22)26-28(20)12-15/h4-13H,1-3H3,(H2,22,26). The van der Waals surface area contributed by atoms with E-state index in [4.69, 9.17) is 5.73 Å². The average Bonchev–Trinajstić information content (AvgIpc) is 3.08. The molecule has 8 heteroatoms. The van der Waals surface area contributed by atoms with Crippen molar-refractivity contribution in [3.05, 3.63) is 60.7 Å². The lowest BCUT2D eigenvalue weighted by Crippen LogP contribution is -2.33. The molecule has 0 saturated carbocycles. The molecule has 1 amide bonds. The van der Waals surface area contributed by atoms with E-state index in [2.05, 4.69) is 20.1 Å². The van der Waals surface area contributed by atoms with E-state index < -0.39 is 0 Å². The van der Waals surface area contributed by atoms with Crippen LogP contribution in [0.15, 0.2) is 55.1 Å². The van der Waals surface area contributed by atoms with Crippen LogP contribution in [0.3, 0.4) is 0 Å². The molecule has 0 aliphatic rings. The zero-order valence-corrected chi connectivity index (χ0v) is 16.4. The van der Waals surface area contributed by atoms with Gasteiger partial charge in [0.2, 0.25) is 0 Å². The fourth-order valence-electron chi connectivity index (χ4n) is 2.97. The molecule has 0 atom stereocenters. The lowest BCUT2D eigenvalue weighted by Gasteiger charge is -2.21. The number of anilines is 1. The van der Waals surface area contributed by atoms with Gasteiger partial charge in [0.05, 0.1) is 22.5 Å². The molecule has 4 heterocycles. The van der Waals surface area contributed by atoms with E-state index in [0.29, 0.717) is 28.3 Å². The molecular formula is C21H21N7O. The Balaban J connectivity index is 1.68. The first kappa shape index (κ1) is 18.5. The number of fused-ring (bicyclic) bond motifs is 1. The summed E-state index contributed by atoms with van der Waals surface area (Å²) in [7, 11) is 1.78. The van der Waals surface area contributed by atoms with Crippen LogP contribution >= 0.6 is 0 Å². The molecular weight excluding hydrogens is 366 g/mol. The number of pyridine rings is 2. The number of nitrogens with zero attached hydrogens (tertiary/aromatic N) is 6. The number of nitrogens with two attached hydrogens (primary N) is 1. The molecule has 2 N–H and O–H groups in total. The van der Waals surface area contributed by atoms with Crippen molar-refractivity contribution in [2.75, 3.05) is 12.8 Å². The van der Waals surface area contributed by atoms with Gasteiger partial charge in [0.1, 0.15) is 0 Å². The van der Waals surface area contributed by atoms with Gasteiger partial charge in [-0.2, -0.15) is 0 Å². The van der Waals surface area contributed by atoms with Gasteiger partial charge in [0.25, 0.3) is 5.91 Å². The van der Waals surface area contributed by atoms with Crippen molar-refractivity contribution in [1.82, 2.24) is 29.5 Å². The van der Waals surface area contributed by atoms with Gasteiger partial charge in [-0.3, -0.25) is 14.8 Å². The Morgan fingerprint density at radius 2 is 1.90 bits per heavy atom. The number of carbonyl (C=O) groups excluding carboxylic acids is 1. The topological polar surface area (TPSA) is 102 Å². The maximum atomic E-state index is 12.4. The summed E-state index contributed by atoms with van der Waals surface area (Å²) < 4.78 is 1.63. The second-order valence-electron chi connectivity index (χ2n) is 7.03.